The van der Waals surface area contributed by atoms with Gasteiger partial charge in [-0.05, 0) is 30.4 Å². The Labute approximate surface area is 130 Å². The number of rotatable bonds is 3. The molecule has 1 heterocycles. The molecule has 1 aliphatic carbocycles. The molecule has 0 saturated heterocycles. The third-order valence-electron chi connectivity index (χ3n) is 4.68. The number of benzene rings is 1. The van der Waals surface area contributed by atoms with Crippen LogP contribution >= 0.6 is 11.6 Å². The fourth-order valence-corrected chi connectivity index (χ4v) is 3.43. The molecule has 0 spiro atoms. The van der Waals surface area contributed by atoms with Crippen LogP contribution in [0.1, 0.15) is 33.1 Å². The van der Waals surface area contributed by atoms with Crippen molar-refractivity contribution in [3.63, 3.8) is 0 Å². The molecule has 4 nitrogen and oxygen atoms in total. The molecule has 0 aliphatic heterocycles. The fourth-order valence-electron chi connectivity index (χ4n) is 3.17. The molecule has 0 radical (unpaired) electrons. The molecule has 1 aliphatic rings. The first-order chi connectivity index (χ1) is 10.2. The highest BCUT2D eigenvalue weighted by atomic mass is 35.5. The van der Waals surface area contributed by atoms with Gasteiger partial charge in [0, 0.05) is 6.04 Å². The summed E-state index contributed by atoms with van der Waals surface area (Å²) in [5.41, 5.74) is 1.90. The zero-order chi connectivity index (χ0) is 14.8. The molecule has 5 heteroatoms. The number of halogens is 1. The fraction of sp³-hybridized carbons (Fsp3) is 0.500. The van der Waals surface area contributed by atoms with Crippen molar-refractivity contribution in [2.24, 2.45) is 11.8 Å². The second-order valence-electron chi connectivity index (χ2n) is 5.99. The monoisotopic (exact) mass is 304 g/mol. The number of nitrogens with zero attached hydrogens (tertiary/aromatic N) is 3. The maximum atomic E-state index is 6.37. The Hall–Kier alpha value is -1.55. The molecule has 1 saturated carbocycles. The molecule has 1 fully saturated rings. The average molecular weight is 305 g/mol. The summed E-state index contributed by atoms with van der Waals surface area (Å²) >= 11 is 6.37. The van der Waals surface area contributed by atoms with E-state index in [-0.39, 0.29) is 0 Å². The number of hydrogen-bond donors (Lipinski definition) is 1. The van der Waals surface area contributed by atoms with Crippen LogP contribution in [-0.2, 0) is 0 Å². The zero-order valence-electron chi connectivity index (χ0n) is 12.5. The Kier molecular flexibility index (Phi) is 4.15. The summed E-state index contributed by atoms with van der Waals surface area (Å²) in [5.74, 6) is 1.41. The van der Waals surface area contributed by atoms with E-state index in [0.717, 1.165) is 17.3 Å². The van der Waals surface area contributed by atoms with Gasteiger partial charge >= 0.3 is 0 Å². The van der Waals surface area contributed by atoms with Crippen LogP contribution < -0.4 is 5.32 Å². The van der Waals surface area contributed by atoms with Gasteiger partial charge in [0.15, 0.2) is 0 Å². The minimum Gasteiger partial charge on any atom is -0.380 e. The van der Waals surface area contributed by atoms with Crippen molar-refractivity contribution in [1.29, 1.82) is 0 Å². The van der Waals surface area contributed by atoms with E-state index >= 15 is 0 Å². The van der Waals surface area contributed by atoms with Crippen molar-refractivity contribution in [1.82, 2.24) is 14.8 Å². The van der Waals surface area contributed by atoms with Gasteiger partial charge in [-0.1, -0.05) is 44.4 Å². The summed E-state index contributed by atoms with van der Waals surface area (Å²) in [6, 6.07) is 6.41. The lowest BCUT2D eigenvalue weighted by molar-refractivity contribution is 0.253. The van der Waals surface area contributed by atoms with E-state index < -0.39 is 0 Å². The predicted molar refractivity (Wildman–Crippen MR) is 86.0 cm³/mol. The van der Waals surface area contributed by atoms with E-state index in [9.17, 15) is 0 Å². The van der Waals surface area contributed by atoms with Crippen molar-refractivity contribution >= 4 is 17.3 Å². The maximum absolute atomic E-state index is 6.37. The molecule has 0 amide bonds. The molecule has 0 bridgehead atoms. The highest BCUT2D eigenvalue weighted by Crippen LogP contribution is 2.34. The topological polar surface area (TPSA) is 42.7 Å². The number of anilines is 1. The van der Waals surface area contributed by atoms with Crippen molar-refractivity contribution in [3.05, 3.63) is 35.9 Å². The normalized spacial score (nSPS) is 25.8. The number of aromatic nitrogens is 3. The molecule has 3 rings (SSSR count). The second kappa shape index (κ2) is 6.06. The molecule has 1 aromatic heterocycles. The lowest BCUT2D eigenvalue weighted by Gasteiger charge is -2.35. The smallest absolute Gasteiger partial charge is 0.138 e. The summed E-state index contributed by atoms with van der Waals surface area (Å²) in [5, 5.41) is 8.58. The van der Waals surface area contributed by atoms with Gasteiger partial charge in [0.2, 0.25) is 0 Å². The second-order valence-corrected chi connectivity index (χ2v) is 6.40. The minimum atomic E-state index is 0.481. The number of nitrogens with one attached hydrogen (secondary N) is 1. The van der Waals surface area contributed by atoms with Crippen LogP contribution in [0.5, 0.6) is 0 Å². The summed E-state index contributed by atoms with van der Waals surface area (Å²) < 4.78 is 1.72. The first kappa shape index (κ1) is 14.4. The largest absolute Gasteiger partial charge is 0.380 e. The summed E-state index contributed by atoms with van der Waals surface area (Å²) in [4.78, 5) is 4.02. The Morgan fingerprint density at radius 2 is 2.14 bits per heavy atom. The number of para-hydroxylation sites is 1. The summed E-state index contributed by atoms with van der Waals surface area (Å²) in [6.07, 6.45) is 7.01. The van der Waals surface area contributed by atoms with Gasteiger partial charge in [-0.2, -0.15) is 5.10 Å². The molecule has 112 valence electrons. The molecular weight excluding hydrogens is 284 g/mol. The van der Waals surface area contributed by atoms with E-state index in [0.29, 0.717) is 17.0 Å². The van der Waals surface area contributed by atoms with E-state index in [1.165, 1.54) is 25.6 Å². The van der Waals surface area contributed by atoms with E-state index in [4.69, 9.17) is 11.6 Å². The standard InChI is InChI=1S/C16H21ClN4/c1-11-5-3-7-14(12(11)2)20-15-8-4-6-13(17)16(15)21-10-18-9-19-21/h4,6,8-12,14,20H,3,5,7H2,1-2H3. The quantitative estimate of drug-likeness (QED) is 0.926. The molecule has 1 N–H and O–H groups in total. The van der Waals surface area contributed by atoms with E-state index in [1.807, 2.05) is 12.1 Å². The van der Waals surface area contributed by atoms with E-state index in [2.05, 4.69) is 35.3 Å². The Balaban J connectivity index is 1.91. The van der Waals surface area contributed by atoms with Gasteiger partial charge in [0.05, 0.1) is 10.7 Å². The predicted octanol–water partition coefficient (Wildman–Crippen LogP) is 4.16. The van der Waals surface area contributed by atoms with Crippen molar-refractivity contribution in [2.75, 3.05) is 5.32 Å². The van der Waals surface area contributed by atoms with Crippen LogP contribution in [0.3, 0.4) is 0 Å². The van der Waals surface area contributed by atoms with Crippen molar-refractivity contribution in [3.8, 4) is 5.69 Å². The zero-order valence-corrected chi connectivity index (χ0v) is 13.2. The van der Waals surface area contributed by atoms with Crippen molar-refractivity contribution < 1.29 is 0 Å². The van der Waals surface area contributed by atoms with Crippen LogP contribution in [0.4, 0.5) is 5.69 Å². The highest BCUT2D eigenvalue weighted by molar-refractivity contribution is 6.33. The highest BCUT2D eigenvalue weighted by Gasteiger charge is 2.27. The van der Waals surface area contributed by atoms with Gasteiger partial charge in [-0.3, -0.25) is 0 Å². The lowest BCUT2D eigenvalue weighted by atomic mass is 9.78. The van der Waals surface area contributed by atoms with Crippen LogP contribution in [0.15, 0.2) is 30.9 Å². The van der Waals surface area contributed by atoms with Crippen molar-refractivity contribution in [2.45, 2.75) is 39.2 Å². The lowest BCUT2D eigenvalue weighted by Crippen LogP contribution is -2.35. The third kappa shape index (κ3) is 2.91. The third-order valence-corrected chi connectivity index (χ3v) is 4.99. The number of hydrogen-bond acceptors (Lipinski definition) is 3. The van der Waals surface area contributed by atoms with Crippen LogP contribution in [0.25, 0.3) is 5.69 Å². The molecule has 3 atom stereocenters. The Morgan fingerprint density at radius 1 is 1.29 bits per heavy atom. The van der Waals surface area contributed by atoms with Gasteiger partial charge in [0.25, 0.3) is 0 Å². The molecule has 21 heavy (non-hydrogen) atoms. The SMILES string of the molecule is CC1CCCC(Nc2cccc(Cl)c2-n2cncn2)C1C. The molecule has 1 aromatic carbocycles. The molecule has 3 unspecified atom stereocenters. The molecular formula is C16H21ClN4. The Bertz CT molecular complexity index is 596. The van der Waals surface area contributed by atoms with Gasteiger partial charge in [-0.15, -0.1) is 0 Å². The van der Waals surface area contributed by atoms with Crippen LogP contribution in [-0.4, -0.2) is 20.8 Å². The van der Waals surface area contributed by atoms with Gasteiger partial charge in [0.1, 0.15) is 18.3 Å². The first-order valence-electron chi connectivity index (χ1n) is 7.57. The summed E-state index contributed by atoms with van der Waals surface area (Å²) in [7, 11) is 0. The maximum Gasteiger partial charge on any atom is 0.138 e. The minimum absolute atomic E-state index is 0.481. The first-order valence-corrected chi connectivity index (χ1v) is 7.94. The van der Waals surface area contributed by atoms with E-state index in [1.54, 1.807) is 11.0 Å². The van der Waals surface area contributed by atoms with Gasteiger partial charge < -0.3 is 5.32 Å². The molecule has 2 aromatic rings. The average Bonchev–Trinajstić information content (AvgIpc) is 2.98. The van der Waals surface area contributed by atoms with Crippen LogP contribution in [0, 0.1) is 11.8 Å². The Morgan fingerprint density at radius 3 is 2.90 bits per heavy atom. The summed E-state index contributed by atoms with van der Waals surface area (Å²) in [6.45, 7) is 4.68. The van der Waals surface area contributed by atoms with Crippen LogP contribution in [0.2, 0.25) is 5.02 Å². The van der Waals surface area contributed by atoms with Gasteiger partial charge in [-0.25, -0.2) is 9.67 Å².